The van der Waals surface area contributed by atoms with Crippen LogP contribution >= 0.6 is 11.3 Å². The van der Waals surface area contributed by atoms with Crippen molar-refractivity contribution >= 4 is 11.3 Å². The first-order valence-electron chi connectivity index (χ1n) is 7.04. The van der Waals surface area contributed by atoms with Crippen molar-refractivity contribution in [3.8, 4) is 11.5 Å². The maximum atomic E-state index is 5.37. The smallest absolute Gasteiger partial charge is 0.161 e. The molecule has 1 atom stereocenters. The van der Waals surface area contributed by atoms with Gasteiger partial charge in [0.1, 0.15) is 5.01 Å². The molecular formula is C16H22N2O2S. The third-order valence-electron chi connectivity index (χ3n) is 3.38. The molecule has 114 valence electrons. The van der Waals surface area contributed by atoms with E-state index in [2.05, 4.69) is 28.7 Å². The summed E-state index contributed by atoms with van der Waals surface area (Å²) in [5, 5.41) is 6.75. The van der Waals surface area contributed by atoms with Crippen LogP contribution in [0.15, 0.2) is 23.6 Å². The van der Waals surface area contributed by atoms with Crippen LogP contribution in [0.3, 0.4) is 0 Å². The van der Waals surface area contributed by atoms with Crippen molar-refractivity contribution < 1.29 is 9.47 Å². The molecule has 2 rings (SSSR count). The number of rotatable bonds is 7. The van der Waals surface area contributed by atoms with Gasteiger partial charge >= 0.3 is 0 Å². The molecule has 1 N–H and O–H groups in total. The highest BCUT2D eigenvalue weighted by Gasteiger charge is 2.13. The lowest BCUT2D eigenvalue weighted by Gasteiger charge is -2.18. The number of hydrogen-bond acceptors (Lipinski definition) is 5. The predicted octanol–water partition coefficient (Wildman–Crippen LogP) is 3.71. The Morgan fingerprint density at radius 2 is 2.00 bits per heavy atom. The summed E-state index contributed by atoms with van der Waals surface area (Å²) in [7, 11) is 3.31. The van der Waals surface area contributed by atoms with Crippen molar-refractivity contribution in [3.63, 3.8) is 0 Å². The Bertz CT molecular complexity index is 583. The minimum Gasteiger partial charge on any atom is -0.493 e. The van der Waals surface area contributed by atoms with Crippen molar-refractivity contribution in [2.45, 2.75) is 32.9 Å². The molecule has 5 heteroatoms. The van der Waals surface area contributed by atoms with E-state index in [0.717, 1.165) is 35.2 Å². The molecule has 0 amide bonds. The van der Waals surface area contributed by atoms with E-state index in [1.165, 1.54) is 5.56 Å². The van der Waals surface area contributed by atoms with E-state index < -0.39 is 0 Å². The van der Waals surface area contributed by atoms with Crippen molar-refractivity contribution in [2.75, 3.05) is 14.2 Å². The van der Waals surface area contributed by atoms with Gasteiger partial charge in [-0.1, -0.05) is 13.0 Å². The van der Waals surface area contributed by atoms with E-state index in [1.807, 2.05) is 19.1 Å². The maximum Gasteiger partial charge on any atom is 0.161 e. The fourth-order valence-corrected chi connectivity index (χ4v) is 2.98. The molecule has 1 heterocycles. The van der Waals surface area contributed by atoms with Crippen molar-refractivity contribution in [3.05, 3.63) is 39.8 Å². The molecule has 1 aromatic heterocycles. The third-order valence-corrected chi connectivity index (χ3v) is 4.35. The molecule has 0 aliphatic heterocycles. The number of thiazole rings is 1. The van der Waals surface area contributed by atoms with Crippen molar-refractivity contribution in [1.29, 1.82) is 0 Å². The molecule has 4 nitrogen and oxygen atoms in total. The predicted molar refractivity (Wildman–Crippen MR) is 86.3 cm³/mol. The van der Waals surface area contributed by atoms with Crippen LogP contribution in [-0.4, -0.2) is 19.2 Å². The Balaban J connectivity index is 2.09. The summed E-state index contributed by atoms with van der Waals surface area (Å²) >= 11 is 1.69. The fourth-order valence-electron chi connectivity index (χ4n) is 2.26. The second-order valence-electron chi connectivity index (χ2n) is 4.84. The minimum atomic E-state index is 0.272. The number of benzene rings is 1. The number of ether oxygens (including phenoxy) is 2. The summed E-state index contributed by atoms with van der Waals surface area (Å²) in [5.41, 5.74) is 2.28. The van der Waals surface area contributed by atoms with Crippen molar-refractivity contribution in [2.24, 2.45) is 0 Å². The first kappa shape index (κ1) is 15.8. The van der Waals surface area contributed by atoms with Gasteiger partial charge < -0.3 is 14.8 Å². The number of nitrogens with one attached hydrogen (secondary N) is 1. The van der Waals surface area contributed by atoms with Crippen LogP contribution < -0.4 is 14.8 Å². The molecule has 0 fully saturated rings. The monoisotopic (exact) mass is 306 g/mol. The minimum absolute atomic E-state index is 0.272. The summed E-state index contributed by atoms with van der Waals surface area (Å²) in [6.45, 7) is 4.97. The van der Waals surface area contributed by atoms with E-state index >= 15 is 0 Å². The summed E-state index contributed by atoms with van der Waals surface area (Å²) < 4.78 is 10.7. The molecule has 0 aliphatic carbocycles. The average molecular weight is 306 g/mol. The van der Waals surface area contributed by atoms with Crippen LogP contribution in [0.4, 0.5) is 0 Å². The Kier molecular flexibility index (Phi) is 5.59. The second-order valence-corrected chi connectivity index (χ2v) is 5.78. The Labute approximate surface area is 130 Å². The van der Waals surface area contributed by atoms with Crippen LogP contribution in [0.1, 0.15) is 35.7 Å². The van der Waals surface area contributed by atoms with Gasteiger partial charge in [-0.05, 0) is 31.0 Å². The zero-order valence-electron chi connectivity index (χ0n) is 13.0. The summed E-state index contributed by atoms with van der Waals surface area (Å²) in [5.74, 6) is 1.52. The van der Waals surface area contributed by atoms with Gasteiger partial charge in [-0.2, -0.15) is 0 Å². The van der Waals surface area contributed by atoms with E-state index in [1.54, 1.807) is 25.6 Å². The van der Waals surface area contributed by atoms with Crippen molar-refractivity contribution in [1.82, 2.24) is 10.3 Å². The normalized spacial score (nSPS) is 12.2. The molecule has 0 bridgehead atoms. The lowest BCUT2D eigenvalue weighted by molar-refractivity contribution is 0.353. The number of aromatic nitrogens is 1. The van der Waals surface area contributed by atoms with E-state index in [4.69, 9.17) is 9.47 Å². The summed E-state index contributed by atoms with van der Waals surface area (Å²) in [6, 6.07) is 6.34. The first-order valence-corrected chi connectivity index (χ1v) is 7.92. The van der Waals surface area contributed by atoms with Gasteiger partial charge in [-0.25, -0.2) is 4.98 Å². The lowest BCUT2D eigenvalue weighted by Crippen LogP contribution is -2.20. The van der Waals surface area contributed by atoms with Gasteiger partial charge in [0.15, 0.2) is 11.5 Å². The van der Waals surface area contributed by atoms with Gasteiger partial charge in [-0.3, -0.25) is 0 Å². The maximum absolute atomic E-state index is 5.37. The van der Waals surface area contributed by atoms with Crippen LogP contribution in [-0.2, 0) is 6.54 Å². The fraction of sp³-hybridized carbons (Fsp3) is 0.438. The van der Waals surface area contributed by atoms with Gasteiger partial charge in [0, 0.05) is 23.7 Å². The molecular weight excluding hydrogens is 284 g/mol. The van der Waals surface area contributed by atoms with Crippen LogP contribution in [0.2, 0.25) is 0 Å². The standard InChI is InChI=1S/C16H22N2O2S/c1-5-13(17-9-16-18-11(2)10-21-16)12-6-7-14(19-3)15(8-12)20-4/h6-8,10,13,17H,5,9H2,1-4H3. The Hall–Kier alpha value is -1.59. The van der Waals surface area contributed by atoms with Gasteiger partial charge in [0.05, 0.1) is 14.2 Å². The third kappa shape index (κ3) is 3.95. The Morgan fingerprint density at radius 1 is 1.24 bits per heavy atom. The van der Waals surface area contributed by atoms with Gasteiger partial charge in [0.25, 0.3) is 0 Å². The van der Waals surface area contributed by atoms with Crippen LogP contribution in [0.25, 0.3) is 0 Å². The van der Waals surface area contributed by atoms with Crippen LogP contribution in [0.5, 0.6) is 11.5 Å². The Morgan fingerprint density at radius 3 is 2.57 bits per heavy atom. The highest BCUT2D eigenvalue weighted by atomic mass is 32.1. The highest BCUT2D eigenvalue weighted by Crippen LogP contribution is 2.31. The summed E-state index contributed by atoms with van der Waals surface area (Å²) in [6.07, 6.45) is 1.000. The molecule has 1 aromatic carbocycles. The van der Waals surface area contributed by atoms with Gasteiger partial charge in [-0.15, -0.1) is 11.3 Å². The average Bonchev–Trinajstić information content (AvgIpc) is 2.93. The summed E-state index contributed by atoms with van der Waals surface area (Å²) in [4.78, 5) is 4.48. The molecule has 1 unspecified atom stereocenters. The molecule has 0 aliphatic rings. The molecule has 0 saturated heterocycles. The zero-order chi connectivity index (χ0) is 15.2. The quantitative estimate of drug-likeness (QED) is 0.847. The number of methoxy groups -OCH3 is 2. The lowest BCUT2D eigenvalue weighted by atomic mass is 10.0. The molecule has 21 heavy (non-hydrogen) atoms. The molecule has 2 aromatic rings. The van der Waals surface area contributed by atoms with Gasteiger partial charge in [0.2, 0.25) is 0 Å². The van der Waals surface area contributed by atoms with E-state index in [0.29, 0.717) is 0 Å². The zero-order valence-corrected chi connectivity index (χ0v) is 13.8. The van der Waals surface area contributed by atoms with Crippen LogP contribution in [0, 0.1) is 6.92 Å². The number of aryl methyl sites for hydroxylation is 1. The topological polar surface area (TPSA) is 43.4 Å². The van der Waals surface area contributed by atoms with E-state index in [9.17, 15) is 0 Å². The number of hydrogen-bond donors (Lipinski definition) is 1. The second kappa shape index (κ2) is 7.43. The largest absolute Gasteiger partial charge is 0.493 e. The highest BCUT2D eigenvalue weighted by molar-refractivity contribution is 7.09. The van der Waals surface area contributed by atoms with E-state index in [-0.39, 0.29) is 6.04 Å². The first-order chi connectivity index (χ1) is 10.2. The molecule has 0 radical (unpaired) electrons. The SMILES string of the molecule is CCC(NCc1nc(C)cs1)c1ccc(OC)c(OC)c1. The number of nitrogens with zero attached hydrogens (tertiary/aromatic N) is 1. The molecule has 0 spiro atoms. The molecule has 0 saturated carbocycles.